The fourth-order valence-electron chi connectivity index (χ4n) is 4.57. The number of hydrogen-bond donors (Lipinski definition) is 3. The molecule has 4 rings (SSSR count). The molecule has 0 amide bonds. The maximum atomic E-state index is 14.5. The van der Waals surface area contributed by atoms with Crippen LogP contribution in [-0.2, 0) is 0 Å². The van der Waals surface area contributed by atoms with Crippen molar-refractivity contribution in [2.45, 2.75) is 70.3 Å². The Bertz CT molecular complexity index is 1350. The van der Waals surface area contributed by atoms with E-state index in [-0.39, 0.29) is 40.7 Å². The predicted molar refractivity (Wildman–Crippen MR) is 153 cm³/mol. The molecular formula is C27H36F4N6O2S. The lowest BCUT2D eigenvalue weighted by atomic mass is 9.92. The first-order valence-electron chi connectivity index (χ1n) is 13.0. The van der Waals surface area contributed by atoms with Gasteiger partial charge in [0.2, 0.25) is 5.95 Å². The maximum Gasteiger partial charge on any atom is 0.389 e. The summed E-state index contributed by atoms with van der Waals surface area (Å²) in [6.07, 6.45) is 0.787. The minimum atomic E-state index is -4.27. The number of likely N-dealkylation sites (N-methyl/N-ethyl adjacent to an activating group) is 1. The summed E-state index contributed by atoms with van der Waals surface area (Å²) >= 11 is 0.758. The molecule has 3 aromatic rings. The average Bonchev–Trinajstić information content (AvgIpc) is 2.86. The molecule has 0 aliphatic heterocycles. The van der Waals surface area contributed by atoms with E-state index in [2.05, 4.69) is 19.6 Å². The second kappa shape index (κ2) is 13.6. The molecule has 0 saturated heterocycles. The molecule has 220 valence electrons. The van der Waals surface area contributed by atoms with Gasteiger partial charge in [0.15, 0.2) is 0 Å². The molecule has 2 atom stereocenters. The van der Waals surface area contributed by atoms with E-state index in [0.29, 0.717) is 22.6 Å². The van der Waals surface area contributed by atoms with Crippen LogP contribution in [-0.4, -0.2) is 62.7 Å². The Morgan fingerprint density at radius 2 is 1.93 bits per heavy atom. The number of nitrogens with two attached hydrogens (primary N) is 1. The third kappa shape index (κ3) is 8.31. The summed E-state index contributed by atoms with van der Waals surface area (Å²) in [6.45, 7) is 3.63. The van der Waals surface area contributed by atoms with E-state index in [1.54, 1.807) is 6.07 Å². The third-order valence-corrected chi connectivity index (χ3v) is 7.39. The smallest absolute Gasteiger partial charge is 0.389 e. The second-order valence-corrected chi connectivity index (χ2v) is 11.1. The van der Waals surface area contributed by atoms with Crippen molar-refractivity contribution in [2.75, 3.05) is 30.3 Å². The van der Waals surface area contributed by atoms with Crippen LogP contribution < -0.4 is 16.0 Å². The molecule has 1 aromatic carbocycles. The SMILES string of the molecule is CC(C)n1c(=O)c(-c2ccc(NSCCC(F)(F)F)c(F)c2)cc2cnc(N)nc21.CN(C)C1CCCCC1O. The summed E-state index contributed by atoms with van der Waals surface area (Å²) in [5, 5.41) is 10.1. The van der Waals surface area contributed by atoms with Gasteiger partial charge in [-0.3, -0.25) is 9.36 Å². The first kappa shape index (κ1) is 31.6. The third-order valence-electron chi connectivity index (χ3n) is 6.62. The summed E-state index contributed by atoms with van der Waals surface area (Å²) in [4.78, 5) is 23.3. The second-order valence-electron chi connectivity index (χ2n) is 10.2. The minimum absolute atomic E-state index is 0.0343. The van der Waals surface area contributed by atoms with Gasteiger partial charge in [-0.05, 0) is 64.5 Å². The number of anilines is 2. The zero-order valence-electron chi connectivity index (χ0n) is 23.0. The Labute approximate surface area is 235 Å². The highest BCUT2D eigenvalue weighted by Crippen LogP contribution is 2.28. The number of aromatic nitrogens is 3. The van der Waals surface area contributed by atoms with Gasteiger partial charge in [-0.2, -0.15) is 18.2 Å². The molecule has 0 bridgehead atoms. The summed E-state index contributed by atoms with van der Waals surface area (Å²) in [6, 6.07) is 5.82. The van der Waals surface area contributed by atoms with Crippen molar-refractivity contribution in [1.82, 2.24) is 19.4 Å². The maximum absolute atomic E-state index is 14.5. The number of halogens is 4. The van der Waals surface area contributed by atoms with Crippen molar-refractivity contribution in [3.63, 3.8) is 0 Å². The van der Waals surface area contributed by atoms with Crippen LogP contribution >= 0.6 is 11.9 Å². The van der Waals surface area contributed by atoms with Crippen LogP contribution in [0.1, 0.15) is 52.0 Å². The van der Waals surface area contributed by atoms with Gasteiger partial charge in [0.1, 0.15) is 11.5 Å². The number of aliphatic hydroxyl groups excluding tert-OH is 1. The Morgan fingerprint density at radius 1 is 1.23 bits per heavy atom. The van der Waals surface area contributed by atoms with Crippen LogP contribution in [0, 0.1) is 5.82 Å². The number of nitrogens with one attached hydrogen (secondary N) is 1. The standard InChI is InChI=1S/C19H19F4N5OS.C8H17NO/c1-10(2)28-16-12(9-25-18(24)26-16)7-13(17(28)29)11-3-4-15(14(20)8-11)27-30-6-5-19(21,22)23;1-9(2)7-5-3-4-6-8(7)10/h3-4,7-10,27H,5-6H2,1-2H3,(H2,24,25,26);7-8,10H,3-6H2,1-2H3. The van der Waals surface area contributed by atoms with E-state index >= 15 is 0 Å². The molecule has 0 spiro atoms. The zero-order chi connectivity index (χ0) is 29.6. The van der Waals surface area contributed by atoms with Crippen molar-refractivity contribution in [1.29, 1.82) is 0 Å². The van der Waals surface area contributed by atoms with E-state index in [0.717, 1.165) is 30.9 Å². The van der Waals surface area contributed by atoms with E-state index < -0.39 is 18.4 Å². The number of aliphatic hydroxyl groups is 1. The molecule has 1 aliphatic carbocycles. The quantitative estimate of drug-likeness (QED) is 0.186. The minimum Gasteiger partial charge on any atom is -0.391 e. The predicted octanol–water partition coefficient (Wildman–Crippen LogP) is 5.62. The van der Waals surface area contributed by atoms with Crippen LogP contribution in [0.3, 0.4) is 0 Å². The Morgan fingerprint density at radius 3 is 2.50 bits per heavy atom. The topological polar surface area (TPSA) is 109 Å². The monoisotopic (exact) mass is 584 g/mol. The zero-order valence-corrected chi connectivity index (χ0v) is 23.8. The molecule has 2 aromatic heterocycles. The van der Waals surface area contributed by atoms with Crippen LogP contribution in [0.5, 0.6) is 0 Å². The molecule has 1 aliphatic rings. The first-order valence-corrected chi connectivity index (χ1v) is 14.0. The number of fused-ring (bicyclic) bond motifs is 1. The number of pyridine rings is 1. The normalized spacial score (nSPS) is 17.7. The molecule has 4 N–H and O–H groups in total. The van der Waals surface area contributed by atoms with Crippen molar-refractivity contribution in [2.24, 2.45) is 0 Å². The van der Waals surface area contributed by atoms with Crippen LogP contribution in [0.25, 0.3) is 22.2 Å². The number of benzene rings is 1. The number of nitrogens with zero attached hydrogens (tertiary/aromatic N) is 4. The summed E-state index contributed by atoms with van der Waals surface area (Å²) < 4.78 is 55.1. The highest BCUT2D eigenvalue weighted by atomic mass is 32.2. The van der Waals surface area contributed by atoms with Crippen LogP contribution in [0.15, 0.2) is 35.3 Å². The van der Waals surface area contributed by atoms with E-state index in [4.69, 9.17) is 5.73 Å². The number of alkyl halides is 3. The molecule has 8 nitrogen and oxygen atoms in total. The highest BCUT2D eigenvalue weighted by Gasteiger charge is 2.26. The summed E-state index contributed by atoms with van der Waals surface area (Å²) in [5.41, 5.74) is 6.27. The Hall–Kier alpha value is -2.90. The van der Waals surface area contributed by atoms with Crippen LogP contribution in [0.2, 0.25) is 0 Å². The molecule has 2 unspecified atom stereocenters. The van der Waals surface area contributed by atoms with Gasteiger partial charge in [-0.1, -0.05) is 30.9 Å². The van der Waals surface area contributed by atoms with Gasteiger partial charge in [-0.15, -0.1) is 0 Å². The highest BCUT2D eigenvalue weighted by molar-refractivity contribution is 8.00. The van der Waals surface area contributed by atoms with Gasteiger partial charge >= 0.3 is 6.18 Å². The van der Waals surface area contributed by atoms with Gasteiger partial charge < -0.3 is 20.5 Å². The van der Waals surface area contributed by atoms with Crippen molar-refractivity contribution in [3.05, 3.63) is 46.6 Å². The lowest BCUT2D eigenvalue weighted by molar-refractivity contribution is -0.129. The largest absolute Gasteiger partial charge is 0.391 e. The van der Waals surface area contributed by atoms with Crippen molar-refractivity contribution < 1.29 is 22.7 Å². The first-order chi connectivity index (χ1) is 18.8. The molecular weight excluding hydrogens is 548 g/mol. The van der Waals surface area contributed by atoms with Gasteiger partial charge in [0.25, 0.3) is 5.56 Å². The summed E-state index contributed by atoms with van der Waals surface area (Å²) in [5.74, 6) is -0.901. The Kier molecular flexibility index (Phi) is 10.8. The van der Waals surface area contributed by atoms with Gasteiger partial charge in [0.05, 0.1) is 18.2 Å². The molecule has 0 radical (unpaired) electrons. The van der Waals surface area contributed by atoms with Gasteiger partial charge in [0, 0.05) is 35.0 Å². The van der Waals surface area contributed by atoms with Crippen LogP contribution in [0.4, 0.5) is 29.2 Å². The van der Waals surface area contributed by atoms with Crippen molar-refractivity contribution >= 4 is 34.6 Å². The number of nitrogen functional groups attached to an aromatic ring is 1. The fourth-order valence-corrected chi connectivity index (χ4v) is 5.33. The molecule has 1 saturated carbocycles. The molecule has 1 fully saturated rings. The Balaban J connectivity index is 0.000000371. The summed E-state index contributed by atoms with van der Waals surface area (Å²) in [7, 11) is 4.08. The van der Waals surface area contributed by atoms with E-state index in [1.807, 2.05) is 27.9 Å². The molecule has 40 heavy (non-hydrogen) atoms. The van der Waals surface area contributed by atoms with E-state index in [1.165, 1.54) is 35.7 Å². The number of hydrogen-bond acceptors (Lipinski definition) is 8. The van der Waals surface area contributed by atoms with Gasteiger partial charge in [-0.25, -0.2) is 9.37 Å². The van der Waals surface area contributed by atoms with Crippen molar-refractivity contribution in [3.8, 4) is 11.1 Å². The molecule has 2 heterocycles. The fraction of sp³-hybridized carbons (Fsp3) is 0.519. The lowest BCUT2D eigenvalue weighted by Crippen LogP contribution is -2.41. The lowest BCUT2D eigenvalue weighted by Gasteiger charge is -2.32. The number of rotatable bonds is 7. The molecule has 13 heteroatoms. The average molecular weight is 585 g/mol. The van der Waals surface area contributed by atoms with E-state index in [9.17, 15) is 27.5 Å².